The predicted molar refractivity (Wildman–Crippen MR) is 112 cm³/mol. The Labute approximate surface area is 168 Å². The fourth-order valence-corrected chi connectivity index (χ4v) is 5.45. The molecule has 0 spiro atoms. The highest BCUT2D eigenvalue weighted by atomic mass is 35.5. The normalized spacial score (nSPS) is 19.5. The molecule has 1 aliphatic heterocycles. The Bertz CT molecular complexity index is 944. The SMILES string of the molecule is Cc1cc(C)c(NC(=O)C[NH+]2CCC[C@@H]2c2nc3ccccc3s2)c(Cl)c1. The van der Waals surface area contributed by atoms with E-state index in [4.69, 9.17) is 16.6 Å². The number of para-hydroxylation sites is 1. The summed E-state index contributed by atoms with van der Waals surface area (Å²) in [7, 11) is 0. The number of carbonyl (C=O) groups excluding carboxylic acids is 1. The number of hydrogen-bond acceptors (Lipinski definition) is 3. The van der Waals surface area contributed by atoms with Crippen LogP contribution in [0.5, 0.6) is 0 Å². The zero-order chi connectivity index (χ0) is 19.0. The second-order valence-corrected chi connectivity index (χ2v) is 8.76. The molecule has 0 aliphatic carbocycles. The van der Waals surface area contributed by atoms with Gasteiger partial charge in [-0.2, -0.15) is 0 Å². The van der Waals surface area contributed by atoms with E-state index in [1.807, 2.05) is 38.1 Å². The van der Waals surface area contributed by atoms with Crippen molar-refractivity contribution < 1.29 is 9.69 Å². The van der Waals surface area contributed by atoms with Crippen LogP contribution in [0.2, 0.25) is 5.02 Å². The zero-order valence-corrected chi connectivity index (χ0v) is 17.1. The van der Waals surface area contributed by atoms with Crippen LogP contribution < -0.4 is 10.2 Å². The average Bonchev–Trinajstić information content (AvgIpc) is 3.24. The van der Waals surface area contributed by atoms with E-state index < -0.39 is 0 Å². The summed E-state index contributed by atoms with van der Waals surface area (Å²) in [4.78, 5) is 18.8. The number of benzene rings is 2. The Hall–Kier alpha value is -1.95. The smallest absolute Gasteiger partial charge is 0.279 e. The summed E-state index contributed by atoms with van der Waals surface area (Å²) < 4.78 is 1.21. The molecule has 1 amide bonds. The van der Waals surface area contributed by atoms with Crippen molar-refractivity contribution in [2.45, 2.75) is 32.7 Å². The molecule has 2 atom stereocenters. The van der Waals surface area contributed by atoms with Gasteiger partial charge in [0.25, 0.3) is 5.91 Å². The van der Waals surface area contributed by atoms with Crippen molar-refractivity contribution in [1.29, 1.82) is 0 Å². The second kappa shape index (κ2) is 7.58. The Morgan fingerprint density at radius 1 is 1.33 bits per heavy atom. The number of carbonyl (C=O) groups is 1. The number of anilines is 1. The number of nitrogens with one attached hydrogen (secondary N) is 2. The van der Waals surface area contributed by atoms with Crippen molar-refractivity contribution in [1.82, 2.24) is 4.98 Å². The molecular formula is C21H23ClN3OS+. The number of halogens is 1. The van der Waals surface area contributed by atoms with Crippen LogP contribution in [0, 0.1) is 13.8 Å². The van der Waals surface area contributed by atoms with E-state index in [0.29, 0.717) is 17.6 Å². The molecule has 140 valence electrons. The monoisotopic (exact) mass is 400 g/mol. The summed E-state index contributed by atoms with van der Waals surface area (Å²) in [6.45, 7) is 5.40. The molecule has 4 nitrogen and oxygen atoms in total. The van der Waals surface area contributed by atoms with Crippen LogP contribution in [-0.2, 0) is 4.79 Å². The van der Waals surface area contributed by atoms with Crippen molar-refractivity contribution in [3.8, 4) is 0 Å². The van der Waals surface area contributed by atoms with Crippen molar-refractivity contribution in [3.63, 3.8) is 0 Å². The first-order valence-electron chi connectivity index (χ1n) is 9.28. The summed E-state index contributed by atoms with van der Waals surface area (Å²) in [5.74, 6) is 0.00636. The largest absolute Gasteiger partial charge is 0.320 e. The third kappa shape index (κ3) is 3.86. The number of thiazole rings is 1. The molecule has 0 saturated carbocycles. The number of nitrogens with zero attached hydrogens (tertiary/aromatic N) is 1. The Morgan fingerprint density at radius 3 is 2.93 bits per heavy atom. The zero-order valence-electron chi connectivity index (χ0n) is 15.5. The van der Waals surface area contributed by atoms with E-state index in [0.717, 1.165) is 46.7 Å². The van der Waals surface area contributed by atoms with Gasteiger partial charge in [-0.15, -0.1) is 11.3 Å². The molecule has 6 heteroatoms. The highest BCUT2D eigenvalue weighted by molar-refractivity contribution is 7.18. The first-order chi connectivity index (χ1) is 13.0. The molecule has 1 saturated heterocycles. The van der Waals surface area contributed by atoms with Gasteiger partial charge in [0, 0.05) is 12.8 Å². The lowest BCUT2D eigenvalue weighted by atomic mass is 10.1. The lowest BCUT2D eigenvalue weighted by Crippen LogP contribution is -3.11. The van der Waals surface area contributed by atoms with E-state index in [1.165, 1.54) is 9.60 Å². The molecule has 1 aromatic heterocycles. The van der Waals surface area contributed by atoms with Gasteiger partial charge in [0.15, 0.2) is 11.6 Å². The van der Waals surface area contributed by atoms with Gasteiger partial charge in [0.05, 0.1) is 27.5 Å². The molecule has 2 aromatic carbocycles. The Balaban J connectivity index is 1.49. The van der Waals surface area contributed by atoms with Gasteiger partial charge in [0.1, 0.15) is 6.04 Å². The molecule has 3 aromatic rings. The summed E-state index contributed by atoms with van der Waals surface area (Å²) in [6.07, 6.45) is 2.19. The van der Waals surface area contributed by atoms with Crippen molar-refractivity contribution in [3.05, 3.63) is 57.6 Å². The van der Waals surface area contributed by atoms with Gasteiger partial charge in [0.2, 0.25) is 0 Å². The highest BCUT2D eigenvalue weighted by Crippen LogP contribution is 2.29. The fraction of sp³-hybridized carbons (Fsp3) is 0.333. The van der Waals surface area contributed by atoms with Crippen molar-refractivity contribution in [2.24, 2.45) is 0 Å². The van der Waals surface area contributed by atoms with Crippen LogP contribution in [0.25, 0.3) is 10.2 Å². The lowest BCUT2D eigenvalue weighted by molar-refractivity contribution is -0.910. The van der Waals surface area contributed by atoms with Gasteiger partial charge in [-0.1, -0.05) is 29.8 Å². The summed E-state index contributed by atoms with van der Waals surface area (Å²) >= 11 is 8.09. The highest BCUT2D eigenvalue weighted by Gasteiger charge is 2.34. The molecule has 27 heavy (non-hydrogen) atoms. The third-order valence-electron chi connectivity index (χ3n) is 5.18. The topological polar surface area (TPSA) is 46.4 Å². The number of rotatable bonds is 4. The number of quaternary nitrogens is 1. The van der Waals surface area contributed by atoms with E-state index in [2.05, 4.69) is 17.4 Å². The molecular weight excluding hydrogens is 378 g/mol. The molecule has 1 aliphatic rings. The van der Waals surface area contributed by atoms with Gasteiger partial charge in [-0.3, -0.25) is 4.79 Å². The van der Waals surface area contributed by atoms with Crippen LogP contribution in [0.3, 0.4) is 0 Å². The minimum atomic E-state index is 0.00636. The molecule has 2 heterocycles. The third-order valence-corrected chi connectivity index (χ3v) is 6.62. The van der Waals surface area contributed by atoms with Crippen molar-refractivity contribution >= 4 is 44.7 Å². The number of amides is 1. The van der Waals surface area contributed by atoms with Crippen molar-refractivity contribution in [2.75, 3.05) is 18.4 Å². The Morgan fingerprint density at radius 2 is 2.15 bits per heavy atom. The minimum Gasteiger partial charge on any atom is -0.320 e. The maximum atomic E-state index is 12.7. The van der Waals surface area contributed by atoms with Crippen LogP contribution >= 0.6 is 22.9 Å². The first-order valence-corrected chi connectivity index (χ1v) is 10.5. The van der Waals surface area contributed by atoms with Crippen LogP contribution in [0.4, 0.5) is 5.69 Å². The lowest BCUT2D eigenvalue weighted by Gasteiger charge is -2.20. The summed E-state index contributed by atoms with van der Waals surface area (Å²) in [6, 6.07) is 12.4. The molecule has 1 fully saturated rings. The van der Waals surface area contributed by atoms with Gasteiger partial charge >= 0.3 is 0 Å². The van der Waals surface area contributed by atoms with Crippen LogP contribution in [0.15, 0.2) is 36.4 Å². The van der Waals surface area contributed by atoms with Gasteiger partial charge in [-0.05, 0) is 43.2 Å². The number of aromatic nitrogens is 1. The number of aryl methyl sites for hydroxylation is 2. The maximum absolute atomic E-state index is 12.7. The first kappa shape index (κ1) is 18.4. The molecule has 2 N–H and O–H groups in total. The van der Waals surface area contributed by atoms with Crippen LogP contribution in [0.1, 0.15) is 35.0 Å². The average molecular weight is 401 g/mol. The summed E-state index contributed by atoms with van der Waals surface area (Å²) in [5, 5.41) is 4.76. The Kier molecular flexibility index (Phi) is 5.17. The predicted octanol–water partition coefficient (Wildman–Crippen LogP) is 3.93. The molecule has 4 rings (SSSR count). The number of hydrogen-bond donors (Lipinski definition) is 2. The van der Waals surface area contributed by atoms with Gasteiger partial charge < -0.3 is 10.2 Å². The molecule has 1 unspecified atom stereocenters. The molecule has 0 bridgehead atoms. The van der Waals surface area contributed by atoms with Gasteiger partial charge in [-0.25, -0.2) is 4.98 Å². The number of likely N-dealkylation sites (tertiary alicyclic amines) is 1. The van der Waals surface area contributed by atoms with E-state index >= 15 is 0 Å². The number of fused-ring (bicyclic) bond motifs is 1. The van der Waals surface area contributed by atoms with E-state index in [-0.39, 0.29) is 5.91 Å². The van der Waals surface area contributed by atoms with E-state index in [1.54, 1.807) is 11.3 Å². The minimum absolute atomic E-state index is 0.00636. The van der Waals surface area contributed by atoms with Crippen LogP contribution in [-0.4, -0.2) is 24.0 Å². The maximum Gasteiger partial charge on any atom is 0.279 e. The van der Waals surface area contributed by atoms with E-state index in [9.17, 15) is 4.79 Å². The fourth-order valence-electron chi connectivity index (χ4n) is 3.92. The molecule has 0 radical (unpaired) electrons. The summed E-state index contributed by atoms with van der Waals surface area (Å²) in [5.41, 5.74) is 3.86. The second-order valence-electron chi connectivity index (χ2n) is 7.29. The standard InChI is InChI=1S/C21H22ClN3OS/c1-13-10-14(2)20(15(22)11-13)24-19(26)12-25-9-5-7-17(25)21-23-16-6-3-4-8-18(16)27-21/h3-4,6,8,10-11,17H,5,7,9,12H2,1-2H3,(H,24,26)/p+1/t17-/m1/s1. The quantitative estimate of drug-likeness (QED) is 0.697.